The Bertz CT molecular complexity index is 845. The monoisotopic (exact) mass is 370 g/mol. The van der Waals surface area contributed by atoms with Gasteiger partial charge in [0.15, 0.2) is 5.78 Å². The molecule has 0 bridgehead atoms. The highest BCUT2D eigenvalue weighted by atomic mass is 16.6. The van der Waals surface area contributed by atoms with Crippen molar-refractivity contribution in [1.29, 1.82) is 0 Å². The smallest absolute Gasteiger partial charge is 0.412 e. The molecule has 27 heavy (non-hydrogen) atoms. The summed E-state index contributed by atoms with van der Waals surface area (Å²) in [6.07, 6.45) is 1.69. The van der Waals surface area contributed by atoms with Crippen LogP contribution in [0.2, 0.25) is 0 Å². The Kier molecular flexibility index (Phi) is 6.23. The summed E-state index contributed by atoms with van der Waals surface area (Å²) in [5.74, 6) is -0.883. The zero-order valence-corrected chi connectivity index (χ0v) is 15.7. The van der Waals surface area contributed by atoms with E-state index in [1.165, 1.54) is 18.5 Å². The van der Waals surface area contributed by atoms with E-state index in [9.17, 15) is 14.4 Å². The van der Waals surface area contributed by atoms with Crippen molar-refractivity contribution < 1.29 is 19.1 Å². The Hall–Kier alpha value is -3.29. The summed E-state index contributed by atoms with van der Waals surface area (Å²) >= 11 is 0. The first-order chi connectivity index (χ1) is 12.6. The summed E-state index contributed by atoms with van der Waals surface area (Å²) in [6, 6.07) is 6.63. The summed E-state index contributed by atoms with van der Waals surface area (Å²) in [7, 11) is 0. The molecule has 0 aliphatic heterocycles. The Morgan fingerprint density at radius 3 is 2.41 bits per heavy atom. The second kappa shape index (κ2) is 8.39. The molecule has 8 nitrogen and oxygen atoms in total. The lowest BCUT2D eigenvalue weighted by molar-refractivity contribution is -0.115. The van der Waals surface area contributed by atoms with Crippen LogP contribution < -0.4 is 10.6 Å². The molecule has 2 amide bonds. The van der Waals surface area contributed by atoms with Crippen LogP contribution in [-0.4, -0.2) is 33.6 Å². The van der Waals surface area contributed by atoms with Gasteiger partial charge >= 0.3 is 6.09 Å². The van der Waals surface area contributed by atoms with Crippen LogP contribution in [0.3, 0.4) is 0 Å². The van der Waals surface area contributed by atoms with Gasteiger partial charge in [0, 0.05) is 5.56 Å². The molecule has 1 aromatic heterocycles. The van der Waals surface area contributed by atoms with Crippen LogP contribution in [0.4, 0.5) is 16.2 Å². The number of carbonyl (C=O) groups is 3. The zero-order chi connectivity index (χ0) is 20.0. The van der Waals surface area contributed by atoms with Crippen LogP contribution >= 0.6 is 0 Å². The highest BCUT2D eigenvalue weighted by Gasteiger charge is 2.18. The van der Waals surface area contributed by atoms with Crippen molar-refractivity contribution in [3.05, 3.63) is 47.8 Å². The fourth-order valence-corrected chi connectivity index (χ4v) is 2.18. The molecule has 0 aliphatic carbocycles. The number of rotatable bonds is 5. The molecular formula is C19H22N4O4. The number of hydrogen-bond donors (Lipinski definition) is 2. The van der Waals surface area contributed by atoms with E-state index in [4.69, 9.17) is 4.74 Å². The van der Waals surface area contributed by atoms with Gasteiger partial charge in [-0.05, 0) is 51.5 Å². The molecule has 1 heterocycles. The summed E-state index contributed by atoms with van der Waals surface area (Å²) in [5, 5.41) is 12.5. The third kappa shape index (κ3) is 6.50. The van der Waals surface area contributed by atoms with Gasteiger partial charge in [-0.2, -0.15) is 10.2 Å². The SMILES string of the molecule is Cc1ccc(NC(=O)OC(C)(C)C)c(NC(=O)CC(=O)c2ccnnc2)c1. The fourth-order valence-electron chi connectivity index (χ4n) is 2.18. The second-order valence-corrected chi connectivity index (χ2v) is 6.96. The summed E-state index contributed by atoms with van der Waals surface area (Å²) in [4.78, 5) is 36.4. The maximum Gasteiger partial charge on any atom is 0.412 e. The van der Waals surface area contributed by atoms with Crippen molar-refractivity contribution in [3.63, 3.8) is 0 Å². The summed E-state index contributed by atoms with van der Waals surface area (Å²) < 4.78 is 5.22. The number of carbonyl (C=O) groups excluding carboxylic acids is 3. The van der Waals surface area contributed by atoms with Crippen LogP contribution in [0.15, 0.2) is 36.7 Å². The molecule has 0 aliphatic rings. The molecule has 0 saturated heterocycles. The first-order valence-corrected chi connectivity index (χ1v) is 8.34. The van der Waals surface area contributed by atoms with Crippen molar-refractivity contribution in [1.82, 2.24) is 10.2 Å². The Labute approximate surface area is 157 Å². The van der Waals surface area contributed by atoms with E-state index in [0.717, 1.165) is 5.56 Å². The van der Waals surface area contributed by atoms with E-state index in [0.29, 0.717) is 16.9 Å². The molecule has 0 spiro atoms. The van der Waals surface area contributed by atoms with Crippen molar-refractivity contribution >= 4 is 29.2 Å². The highest BCUT2D eigenvalue weighted by Crippen LogP contribution is 2.24. The second-order valence-electron chi connectivity index (χ2n) is 6.96. The van der Waals surface area contributed by atoms with E-state index in [2.05, 4.69) is 20.8 Å². The minimum absolute atomic E-state index is 0.302. The molecule has 0 atom stereocenters. The zero-order valence-electron chi connectivity index (χ0n) is 15.7. The quantitative estimate of drug-likeness (QED) is 0.617. The van der Waals surface area contributed by atoms with Crippen molar-refractivity contribution in [2.45, 2.75) is 39.7 Å². The molecule has 2 aromatic rings. The standard InChI is InChI=1S/C19H22N4O4/c1-12-5-6-14(23-18(26)27-19(2,3)4)15(9-12)22-17(25)10-16(24)13-7-8-20-21-11-13/h5-9,11H,10H2,1-4H3,(H,22,25)(H,23,26). The molecule has 0 radical (unpaired) electrons. The molecule has 1 aromatic carbocycles. The van der Waals surface area contributed by atoms with Crippen molar-refractivity contribution in [2.24, 2.45) is 0 Å². The van der Waals surface area contributed by atoms with Crippen LogP contribution in [0, 0.1) is 6.92 Å². The number of ketones is 1. The Balaban J connectivity index is 2.08. The summed E-state index contributed by atoms with van der Waals surface area (Å²) in [5.41, 5.74) is 1.29. The van der Waals surface area contributed by atoms with E-state index in [1.54, 1.807) is 39.0 Å². The molecule has 2 N–H and O–H groups in total. The third-order valence-corrected chi connectivity index (χ3v) is 3.31. The van der Waals surface area contributed by atoms with Gasteiger partial charge < -0.3 is 10.1 Å². The number of anilines is 2. The fraction of sp³-hybridized carbons (Fsp3) is 0.316. The normalized spacial score (nSPS) is 10.8. The third-order valence-electron chi connectivity index (χ3n) is 3.31. The lowest BCUT2D eigenvalue weighted by Crippen LogP contribution is -2.27. The van der Waals surface area contributed by atoms with Crippen LogP contribution in [-0.2, 0) is 9.53 Å². The largest absolute Gasteiger partial charge is 0.444 e. The number of aryl methyl sites for hydroxylation is 1. The van der Waals surface area contributed by atoms with Gasteiger partial charge in [-0.1, -0.05) is 6.07 Å². The van der Waals surface area contributed by atoms with Crippen LogP contribution in [0.5, 0.6) is 0 Å². The van der Waals surface area contributed by atoms with Gasteiger partial charge in [-0.3, -0.25) is 14.9 Å². The molecule has 142 valence electrons. The predicted octanol–water partition coefficient (Wildman–Crippen LogP) is 3.34. The minimum atomic E-state index is -0.650. The minimum Gasteiger partial charge on any atom is -0.444 e. The van der Waals surface area contributed by atoms with Gasteiger partial charge in [0.25, 0.3) is 0 Å². The molecular weight excluding hydrogens is 348 g/mol. The van der Waals surface area contributed by atoms with E-state index < -0.39 is 17.6 Å². The average molecular weight is 370 g/mol. The van der Waals surface area contributed by atoms with E-state index in [-0.39, 0.29) is 12.2 Å². The summed E-state index contributed by atoms with van der Waals surface area (Å²) in [6.45, 7) is 7.11. The number of benzene rings is 1. The first-order valence-electron chi connectivity index (χ1n) is 8.34. The number of Topliss-reactive ketones (excluding diaryl/α,β-unsaturated/α-hetero) is 1. The maximum absolute atomic E-state index is 12.3. The topological polar surface area (TPSA) is 110 Å². The van der Waals surface area contributed by atoms with Crippen LogP contribution in [0.1, 0.15) is 43.1 Å². The Morgan fingerprint density at radius 1 is 1.04 bits per heavy atom. The lowest BCUT2D eigenvalue weighted by Gasteiger charge is -2.20. The molecule has 0 fully saturated rings. The highest BCUT2D eigenvalue weighted by molar-refractivity contribution is 6.11. The van der Waals surface area contributed by atoms with Crippen molar-refractivity contribution in [3.8, 4) is 0 Å². The van der Waals surface area contributed by atoms with Crippen LogP contribution in [0.25, 0.3) is 0 Å². The van der Waals surface area contributed by atoms with E-state index >= 15 is 0 Å². The lowest BCUT2D eigenvalue weighted by atomic mass is 10.1. The maximum atomic E-state index is 12.3. The number of hydrogen-bond acceptors (Lipinski definition) is 6. The number of nitrogens with zero attached hydrogens (tertiary/aromatic N) is 2. The van der Waals surface area contributed by atoms with Gasteiger partial charge in [0.2, 0.25) is 5.91 Å². The number of amides is 2. The number of nitrogens with one attached hydrogen (secondary N) is 2. The molecule has 8 heteroatoms. The van der Waals surface area contributed by atoms with Gasteiger partial charge in [0.05, 0.1) is 30.2 Å². The van der Waals surface area contributed by atoms with E-state index in [1.807, 2.05) is 6.92 Å². The van der Waals surface area contributed by atoms with Gasteiger partial charge in [-0.15, -0.1) is 0 Å². The van der Waals surface area contributed by atoms with Gasteiger partial charge in [-0.25, -0.2) is 4.79 Å². The number of ether oxygens (including phenoxy) is 1. The number of aromatic nitrogens is 2. The van der Waals surface area contributed by atoms with Crippen molar-refractivity contribution in [2.75, 3.05) is 10.6 Å². The molecule has 0 saturated carbocycles. The van der Waals surface area contributed by atoms with Gasteiger partial charge in [0.1, 0.15) is 5.60 Å². The molecule has 0 unspecified atom stereocenters. The first kappa shape index (κ1) is 20.0. The average Bonchev–Trinajstić information content (AvgIpc) is 2.56. The Morgan fingerprint density at radius 2 is 1.78 bits per heavy atom. The molecule has 2 rings (SSSR count). The predicted molar refractivity (Wildman–Crippen MR) is 101 cm³/mol.